The van der Waals surface area contributed by atoms with Crippen LogP contribution in [0.5, 0.6) is 11.5 Å². The zero-order valence-corrected chi connectivity index (χ0v) is 19.4. The van der Waals surface area contributed by atoms with Crippen molar-refractivity contribution in [1.29, 1.82) is 0 Å². The topological polar surface area (TPSA) is 55.8 Å². The zero-order valence-electron chi connectivity index (χ0n) is 19.4. The zero-order chi connectivity index (χ0) is 26.0. The number of ether oxygens (including phenoxy) is 2. The first-order valence-electron chi connectivity index (χ1n) is 11.4. The first-order valence-corrected chi connectivity index (χ1v) is 11.4. The molecular weight excluding hydrogens is 483 g/mol. The van der Waals surface area contributed by atoms with Crippen molar-refractivity contribution in [2.24, 2.45) is 0 Å². The molecule has 37 heavy (non-hydrogen) atoms. The van der Waals surface area contributed by atoms with E-state index in [1.807, 2.05) is 54.6 Å². The average Bonchev–Trinajstić information content (AvgIpc) is 3.13. The molecule has 0 saturated carbocycles. The summed E-state index contributed by atoms with van der Waals surface area (Å²) in [6.45, 7) is 0.309. The smallest absolute Gasteiger partial charge is 0.489 e. The minimum atomic E-state index is -4.76. The van der Waals surface area contributed by atoms with E-state index in [1.54, 1.807) is 12.1 Å². The Hall–Kier alpha value is -4.59. The van der Waals surface area contributed by atoms with Crippen molar-refractivity contribution < 1.29 is 32.2 Å². The summed E-state index contributed by atoms with van der Waals surface area (Å²) in [5.74, 6) is -1.19. The Morgan fingerprint density at radius 2 is 1.32 bits per heavy atom. The van der Waals surface area contributed by atoms with E-state index in [4.69, 9.17) is 4.74 Å². The number of amides is 1. The molecule has 5 rings (SSSR count). The molecule has 0 aliphatic carbocycles. The number of alkyl halides is 3. The van der Waals surface area contributed by atoms with Gasteiger partial charge in [0.2, 0.25) is 0 Å². The number of benzene rings is 4. The maximum Gasteiger partial charge on any atom is 0.573 e. The fraction of sp³-hybridized carbons (Fsp3) is 0.103. The predicted octanol–water partition coefficient (Wildman–Crippen LogP) is 6.56. The van der Waals surface area contributed by atoms with Crippen molar-refractivity contribution in [3.8, 4) is 22.6 Å². The lowest BCUT2D eigenvalue weighted by Crippen LogP contribution is -2.29. The van der Waals surface area contributed by atoms with E-state index in [2.05, 4.69) is 4.74 Å². The molecule has 8 heteroatoms. The molecule has 0 spiro atoms. The van der Waals surface area contributed by atoms with Crippen LogP contribution in [0.25, 0.3) is 11.1 Å². The number of halogens is 3. The molecule has 1 heterocycles. The minimum Gasteiger partial charge on any atom is -0.489 e. The summed E-state index contributed by atoms with van der Waals surface area (Å²) in [7, 11) is 0. The monoisotopic (exact) mass is 503 g/mol. The van der Waals surface area contributed by atoms with Gasteiger partial charge in [-0.05, 0) is 52.6 Å². The highest BCUT2D eigenvalue weighted by atomic mass is 19.4. The van der Waals surface area contributed by atoms with Gasteiger partial charge in [0.1, 0.15) is 18.1 Å². The second kappa shape index (κ2) is 9.81. The molecule has 1 aliphatic heterocycles. The number of fused-ring (bicyclic) bond motifs is 1. The van der Waals surface area contributed by atoms with Gasteiger partial charge in [0.05, 0.1) is 17.8 Å². The Morgan fingerprint density at radius 3 is 2.00 bits per heavy atom. The van der Waals surface area contributed by atoms with Gasteiger partial charge >= 0.3 is 6.36 Å². The van der Waals surface area contributed by atoms with E-state index in [1.165, 1.54) is 35.2 Å². The molecule has 1 aliphatic rings. The number of hydrogen-bond acceptors (Lipinski definition) is 4. The van der Waals surface area contributed by atoms with Crippen LogP contribution in [0.4, 0.5) is 18.9 Å². The van der Waals surface area contributed by atoms with Crippen molar-refractivity contribution in [3.63, 3.8) is 0 Å². The van der Waals surface area contributed by atoms with E-state index in [0.29, 0.717) is 17.0 Å². The number of hydrogen-bond donors (Lipinski definition) is 0. The Balaban J connectivity index is 1.26. The molecule has 5 nitrogen and oxygen atoms in total. The molecule has 0 bridgehead atoms. The van der Waals surface area contributed by atoms with Crippen LogP contribution in [0.1, 0.15) is 21.5 Å². The van der Waals surface area contributed by atoms with E-state index >= 15 is 0 Å². The number of anilines is 1. The number of carbonyl (C=O) groups is 2. The summed E-state index contributed by atoms with van der Waals surface area (Å²) < 4.78 is 46.5. The fourth-order valence-electron chi connectivity index (χ4n) is 4.10. The third-order valence-electron chi connectivity index (χ3n) is 5.91. The van der Waals surface area contributed by atoms with Gasteiger partial charge in [0, 0.05) is 0 Å². The van der Waals surface area contributed by atoms with Gasteiger partial charge in [-0.2, -0.15) is 0 Å². The van der Waals surface area contributed by atoms with Gasteiger partial charge in [-0.1, -0.05) is 66.7 Å². The van der Waals surface area contributed by atoms with Gasteiger partial charge in [-0.3, -0.25) is 9.59 Å². The highest BCUT2D eigenvalue weighted by Crippen LogP contribution is 2.34. The molecule has 0 fully saturated rings. The van der Waals surface area contributed by atoms with Gasteiger partial charge in [0.15, 0.2) is 0 Å². The van der Waals surface area contributed by atoms with Crippen molar-refractivity contribution in [3.05, 3.63) is 114 Å². The Kier molecular flexibility index (Phi) is 6.40. The molecule has 0 N–H and O–H groups in total. The van der Waals surface area contributed by atoms with E-state index in [9.17, 15) is 22.8 Å². The van der Waals surface area contributed by atoms with Gasteiger partial charge < -0.3 is 14.4 Å². The molecule has 186 valence electrons. The summed E-state index contributed by atoms with van der Waals surface area (Å²) in [4.78, 5) is 26.8. The highest BCUT2D eigenvalue weighted by molar-refractivity contribution is 6.52. The van der Waals surface area contributed by atoms with Crippen LogP contribution in [-0.2, 0) is 17.9 Å². The van der Waals surface area contributed by atoms with Gasteiger partial charge in [-0.25, -0.2) is 0 Å². The number of Topliss-reactive ketones (excluding diaryl/α,β-unsaturated/α-hetero) is 1. The van der Waals surface area contributed by atoms with Crippen LogP contribution in [0.15, 0.2) is 97.1 Å². The quantitative estimate of drug-likeness (QED) is 0.268. The molecule has 1 amide bonds. The summed E-state index contributed by atoms with van der Waals surface area (Å²) in [5.41, 5.74) is 4.38. The Bertz CT molecular complexity index is 1430. The maximum absolute atomic E-state index is 12.7. The molecule has 4 aromatic rings. The molecular formula is C29H20F3NO4. The van der Waals surface area contributed by atoms with E-state index in [-0.39, 0.29) is 24.5 Å². The van der Waals surface area contributed by atoms with Crippen molar-refractivity contribution in [2.75, 3.05) is 4.90 Å². The molecule has 0 aromatic heterocycles. The van der Waals surface area contributed by atoms with Crippen LogP contribution in [0.3, 0.4) is 0 Å². The average molecular weight is 503 g/mol. The van der Waals surface area contributed by atoms with Crippen LogP contribution in [0, 0.1) is 0 Å². The molecule has 0 saturated heterocycles. The minimum absolute atomic E-state index is 0.0602. The van der Waals surface area contributed by atoms with Crippen molar-refractivity contribution >= 4 is 17.4 Å². The third kappa shape index (κ3) is 5.48. The van der Waals surface area contributed by atoms with E-state index < -0.39 is 18.1 Å². The lowest BCUT2D eigenvalue weighted by atomic mass is 10.0. The maximum atomic E-state index is 12.7. The second-order valence-electron chi connectivity index (χ2n) is 8.44. The van der Waals surface area contributed by atoms with Crippen LogP contribution in [0.2, 0.25) is 0 Å². The SMILES string of the molecule is O=C1C(=O)N(Cc2ccc(-c3ccccc3)cc2)c2ccc(OCc3ccc(OC(F)(F)F)cc3)cc21. The number of ketones is 1. The summed E-state index contributed by atoms with van der Waals surface area (Å²) in [6.07, 6.45) is -4.76. The lowest BCUT2D eigenvalue weighted by molar-refractivity contribution is -0.274. The molecule has 0 atom stereocenters. The first-order chi connectivity index (χ1) is 17.8. The second-order valence-corrected chi connectivity index (χ2v) is 8.44. The van der Waals surface area contributed by atoms with Crippen LogP contribution >= 0.6 is 0 Å². The number of rotatable bonds is 7. The van der Waals surface area contributed by atoms with Gasteiger partial charge in [-0.15, -0.1) is 13.2 Å². The van der Waals surface area contributed by atoms with Crippen LogP contribution < -0.4 is 14.4 Å². The number of nitrogens with zero attached hydrogens (tertiary/aromatic N) is 1. The summed E-state index contributed by atoms with van der Waals surface area (Å²) in [5, 5.41) is 0. The predicted molar refractivity (Wildman–Crippen MR) is 131 cm³/mol. The highest BCUT2D eigenvalue weighted by Gasteiger charge is 2.36. The lowest BCUT2D eigenvalue weighted by Gasteiger charge is -2.17. The van der Waals surface area contributed by atoms with Gasteiger partial charge in [0.25, 0.3) is 11.7 Å². The Labute approximate surface area is 210 Å². The molecule has 0 unspecified atom stereocenters. The fourth-order valence-corrected chi connectivity index (χ4v) is 4.10. The standard InChI is InChI=1S/C29H20F3NO4/c30-29(31,32)37-23-12-8-20(9-13-23)18-36-24-14-15-26-25(16-24)27(34)28(35)33(26)17-19-6-10-22(11-7-19)21-4-2-1-3-5-21/h1-16H,17-18H2. The van der Waals surface area contributed by atoms with E-state index in [0.717, 1.165) is 16.7 Å². The number of carbonyl (C=O) groups excluding carboxylic acids is 2. The molecule has 4 aromatic carbocycles. The van der Waals surface area contributed by atoms with Crippen LogP contribution in [-0.4, -0.2) is 18.1 Å². The largest absolute Gasteiger partial charge is 0.573 e. The Morgan fingerprint density at radius 1 is 0.703 bits per heavy atom. The molecule has 0 radical (unpaired) electrons. The van der Waals surface area contributed by atoms with Crippen molar-refractivity contribution in [1.82, 2.24) is 0 Å². The normalized spacial score (nSPS) is 13.0. The third-order valence-corrected chi connectivity index (χ3v) is 5.91. The first kappa shape index (κ1) is 24.1. The summed E-state index contributed by atoms with van der Waals surface area (Å²) in [6, 6.07) is 27.9. The van der Waals surface area contributed by atoms with Crippen molar-refractivity contribution in [2.45, 2.75) is 19.5 Å². The summed E-state index contributed by atoms with van der Waals surface area (Å²) >= 11 is 0.